The van der Waals surface area contributed by atoms with Crippen molar-refractivity contribution in [2.45, 2.75) is 37.8 Å². The van der Waals surface area contributed by atoms with Crippen molar-refractivity contribution in [2.24, 2.45) is 0 Å². The number of piperidine rings is 1. The van der Waals surface area contributed by atoms with Gasteiger partial charge in [0, 0.05) is 23.7 Å². The number of nitrogens with one attached hydrogen (secondary N) is 1. The van der Waals surface area contributed by atoms with Gasteiger partial charge in [0.05, 0.1) is 10.7 Å². The quantitative estimate of drug-likeness (QED) is 0.882. The number of hydrogen-bond donors (Lipinski definition) is 1. The molecule has 2 aliphatic rings. The number of anilines is 1. The van der Waals surface area contributed by atoms with E-state index in [2.05, 4.69) is 10.2 Å². The summed E-state index contributed by atoms with van der Waals surface area (Å²) in [6, 6.07) is 6.81. The molecule has 0 spiro atoms. The average molecular weight is 285 g/mol. The van der Waals surface area contributed by atoms with E-state index in [-0.39, 0.29) is 0 Å². The Kier molecular flexibility index (Phi) is 3.69. The first-order valence-corrected chi connectivity index (χ1v) is 7.45. The lowest BCUT2D eigenvalue weighted by Crippen LogP contribution is -2.41. The fraction of sp³-hybridized carbons (Fsp3) is 0.571. The number of fused-ring (bicyclic) bond motifs is 1. The van der Waals surface area contributed by atoms with Crippen LogP contribution >= 0.6 is 23.2 Å². The van der Waals surface area contributed by atoms with Crippen molar-refractivity contribution in [2.75, 3.05) is 18.4 Å². The van der Waals surface area contributed by atoms with Crippen molar-refractivity contribution >= 4 is 28.9 Å². The van der Waals surface area contributed by atoms with Crippen molar-refractivity contribution in [3.63, 3.8) is 0 Å². The summed E-state index contributed by atoms with van der Waals surface area (Å²) in [6.07, 6.45) is 5.20. The SMILES string of the molecule is Clc1ccc(Cl)c(NC2CCN3CCCCC23)c1. The van der Waals surface area contributed by atoms with E-state index in [0.29, 0.717) is 12.1 Å². The van der Waals surface area contributed by atoms with Crippen LogP contribution in [0.15, 0.2) is 18.2 Å². The number of halogens is 2. The maximum Gasteiger partial charge on any atom is 0.0638 e. The van der Waals surface area contributed by atoms with Gasteiger partial charge >= 0.3 is 0 Å². The molecule has 2 heterocycles. The van der Waals surface area contributed by atoms with E-state index in [0.717, 1.165) is 15.7 Å². The van der Waals surface area contributed by atoms with Crippen LogP contribution in [0.1, 0.15) is 25.7 Å². The number of nitrogens with zero attached hydrogens (tertiary/aromatic N) is 1. The fourth-order valence-corrected chi connectivity index (χ4v) is 3.57. The highest BCUT2D eigenvalue weighted by molar-refractivity contribution is 6.35. The lowest BCUT2D eigenvalue weighted by molar-refractivity contribution is 0.193. The van der Waals surface area contributed by atoms with Crippen LogP contribution in [-0.2, 0) is 0 Å². The van der Waals surface area contributed by atoms with Gasteiger partial charge in [-0.15, -0.1) is 0 Å². The minimum absolute atomic E-state index is 0.515. The van der Waals surface area contributed by atoms with E-state index in [1.165, 1.54) is 38.8 Å². The molecule has 0 radical (unpaired) electrons. The first kappa shape index (κ1) is 12.6. The van der Waals surface area contributed by atoms with Crippen LogP contribution in [0.5, 0.6) is 0 Å². The molecular weight excluding hydrogens is 267 g/mol. The lowest BCUT2D eigenvalue weighted by atomic mass is 9.99. The highest BCUT2D eigenvalue weighted by Crippen LogP contribution is 2.32. The first-order valence-electron chi connectivity index (χ1n) is 6.70. The largest absolute Gasteiger partial charge is 0.379 e. The predicted molar refractivity (Wildman–Crippen MR) is 77.7 cm³/mol. The van der Waals surface area contributed by atoms with Crippen LogP contribution in [0.3, 0.4) is 0 Å². The molecule has 0 amide bonds. The van der Waals surface area contributed by atoms with Crippen molar-refractivity contribution in [3.8, 4) is 0 Å². The number of hydrogen-bond acceptors (Lipinski definition) is 2. The Balaban J connectivity index is 1.74. The van der Waals surface area contributed by atoms with Crippen molar-refractivity contribution < 1.29 is 0 Å². The Labute approximate surface area is 118 Å². The Morgan fingerprint density at radius 2 is 2.00 bits per heavy atom. The van der Waals surface area contributed by atoms with Gasteiger partial charge < -0.3 is 5.32 Å². The van der Waals surface area contributed by atoms with Gasteiger partial charge in [0.1, 0.15) is 0 Å². The molecule has 3 rings (SSSR count). The summed E-state index contributed by atoms with van der Waals surface area (Å²) in [4.78, 5) is 2.61. The summed E-state index contributed by atoms with van der Waals surface area (Å²) in [6.45, 7) is 2.46. The van der Waals surface area contributed by atoms with Crippen LogP contribution in [-0.4, -0.2) is 30.1 Å². The third-order valence-electron chi connectivity index (χ3n) is 4.13. The van der Waals surface area contributed by atoms with E-state index in [9.17, 15) is 0 Å². The average Bonchev–Trinajstić information content (AvgIpc) is 2.78. The van der Waals surface area contributed by atoms with Gasteiger partial charge in [0.25, 0.3) is 0 Å². The number of benzene rings is 1. The van der Waals surface area contributed by atoms with Gasteiger partial charge in [-0.05, 0) is 44.0 Å². The number of rotatable bonds is 2. The molecule has 2 atom stereocenters. The molecule has 98 valence electrons. The summed E-state index contributed by atoms with van der Waals surface area (Å²) in [5.74, 6) is 0. The molecule has 2 fully saturated rings. The summed E-state index contributed by atoms with van der Waals surface area (Å²) in [7, 11) is 0. The van der Waals surface area contributed by atoms with Gasteiger partial charge in [-0.1, -0.05) is 29.6 Å². The van der Waals surface area contributed by atoms with Crippen LogP contribution in [0, 0.1) is 0 Å². The van der Waals surface area contributed by atoms with E-state index in [4.69, 9.17) is 23.2 Å². The smallest absolute Gasteiger partial charge is 0.0638 e. The summed E-state index contributed by atoms with van der Waals surface area (Å²) >= 11 is 12.2. The topological polar surface area (TPSA) is 15.3 Å². The van der Waals surface area contributed by atoms with E-state index in [1.807, 2.05) is 18.2 Å². The zero-order valence-corrected chi connectivity index (χ0v) is 11.8. The molecule has 18 heavy (non-hydrogen) atoms. The molecule has 1 aromatic rings. The molecule has 1 N–H and O–H groups in total. The second kappa shape index (κ2) is 5.28. The zero-order chi connectivity index (χ0) is 12.5. The molecule has 0 saturated carbocycles. The van der Waals surface area contributed by atoms with Gasteiger partial charge in [0.15, 0.2) is 0 Å². The van der Waals surface area contributed by atoms with E-state index in [1.54, 1.807) is 0 Å². The molecule has 1 aromatic carbocycles. The molecule has 4 heteroatoms. The molecule has 2 unspecified atom stereocenters. The monoisotopic (exact) mass is 284 g/mol. The highest BCUT2D eigenvalue weighted by Gasteiger charge is 2.35. The van der Waals surface area contributed by atoms with Crippen LogP contribution < -0.4 is 5.32 Å². The minimum atomic E-state index is 0.515. The van der Waals surface area contributed by atoms with Gasteiger partial charge in [0.2, 0.25) is 0 Å². The standard InChI is InChI=1S/C14H18Cl2N2/c15-10-4-5-11(16)13(9-10)17-12-6-8-18-7-2-1-3-14(12)18/h4-5,9,12,14,17H,1-3,6-8H2. The van der Waals surface area contributed by atoms with E-state index >= 15 is 0 Å². The molecule has 2 saturated heterocycles. The summed E-state index contributed by atoms with van der Waals surface area (Å²) in [5.41, 5.74) is 0.974. The third-order valence-corrected chi connectivity index (χ3v) is 4.69. The maximum atomic E-state index is 6.22. The second-order valence-electron chi connectivity index (χ2n) is 5.26. The second-order valence-corrected chi connectivity index (χ2v) is 6.11. The van der Waals surface area contributed by atoms with Crippen LogP contribution in [0.25, 0.3) is 0 Å². The minimum Gasteiger partial charge on any atom is -0.379 e. The Bertz CT molecular complexity index is 436. The van der Waals surface area contributed by atoms with Gasteiger partial charge in [-0.25, -0.2) is 0 Å². The maximum absolute atomic E-state index is 6.22. The molecule has 0 aliphatic carbocycles. The fourth-order valence-electron chi connectivity index (χ4n) is 3.22. The van der Waals surface area contributed by atoms with Crippen molar-refractivity contribution in [3.05, 3.63) is 28.2 Å². The van der Waals surface area contributed by atoms with Crippen molar-refractivity contribution in [1.29, 1.82) is 0 Å². The highest BCUT2D eigenvalue weighted by atomic mass is 35.5. The van der Waals surface area contributed by atoms with Gasteiger partial charge in [-0.2, -0.15) is 0 Å². The molecular formula is C14H18Cl2N2. The normalized spacial score (nSPS) is 28.1. The predicted octanol–water partition coefficient (Wildman–Crippen LogP) is 4.03. The third kappa shape index (κ3) is 2.47. The molecule has 2 nitrogen and oxygen atoms in total. The lowest BCUT2D eigenvalue weighted by Gasteiger charge is -2.33. The van der Waals surface area contributed by atoms with Crippen molar-refractivity contribution in [1.82, 2.24) is 4.90 Å². The summed E-state index contributed by atoms with van der Waals surface area (Å²) < 4.78 is 0. The Morgan fingerprint density at radius 3 is 2.89 bits per heavy atom. The first-order chi connectivity index (χ1) is 8.74. The Morgan fingerprint density at radius 1 is 1.11 bits per heavy atom. The molecule has 2 aliphatic heterocycles. The zero-order valence-electron chi connectivity index (χ0n) is 10.3. The molecule has 0 bridgehead atoms. The Hall–Kier alpha value is -0.440. The van der Waals surface area contributed by atoms with Crippen LogP contribution in [0.4, 0.5) is 5.69 Å². The van der Waals surface area contributed by atoms with Gasteiger partial charge in [-0.3, -0.25) is 4.90 Å². The molecule has 0 aromatic heterocycles. The summed E-state index contributed by atoms with van der Waals surface area (Å²) in [5, 5.41) is 5.09. The van der Waals surface area contributed by atoms with E-state index < -0.39 is 0 Å². The van der Waals surface area contributed by atoms with Crippen LogP contribution in [0.2, 0.25) is 10.0 Å².